The molecule has 0 radical (unpaired) electrons. The fourth-order valence-corrected chi connectivity index (χ4v) is 2.13. The van der Waals surface area contributed by atoms with Gasteiger partial charge < -0.3 is 4.74 Å². The molecule has 0 aliphatic heterocycles. The van der Waals surface area contributed by atoms with Gasteiger partial charge in [-0.05, 0) is 18.2 Å². The SMILES string of the molecule is COCc1cn(-c2cccc(C(F)(F)F)c2)nc(C(=O)N(C)OC)c1=O. The maximum Gasteiger partial charge on any atom is 0.416 e. The molecule has 0 N–H and O–H groups in total. The number of carbonyl (C=O) groups is 1. The summed E-state index contributed by atoms with van der Waals surface area (Å²) >= 11 is 0. The predicted octanol–water partition coefficient (Wildman–Crippen LogP) is 2.03. The number of nitrogens with zero attached hydrogens (tertiary/aromatic N) is 3. The Morgan fingerprint density at radius 3 is 2.58 bits per heavy atom. The van der Waals surface area contributed by atoms with Crippen molar-refractivity contribution in [1.29, 1.82) is 0 Å². The zero-order valence-electron chi connectivity index (χ0n) is 14.2. The molecule has 7 nitrogen and oxygen atoms in total. The highest BCUT2D eigenvalue weighted by atomic mass is 19.4. The molecule has 0 saturated carbocycles. The molecule has 0 spiro atoms. The third-order valence-corrected chi connectivity index (χ3v) is 3.49. The Bertz CT molecular complexity index is 865. The number of benzene rings is 1. The van der Waals surface area contributed by atoms with Crippen LogP contribution in [0.2, 0.25) is 0 Å². The Balaban J connectivity index is 2.64. The second-order valence-corrected chi connectivity index (χ2v) is 5.24. The van der Waals surface area contributed by atoms with E-state index in [2.05, 4.69) is 5.10 Å². The van der Waals surface area contributed by atoms with Crippen molar-refractivity contribution in [2.75, 3.05) is 21.3 Å². The topological polar surface area (TPSA) is 73.7 Å². The first kappa shape index (κ1) is 19.6. The Kier molecular flexibility index (Phi) is 5.78. The van der Waals surface area contributed by atoms with Gasteiger partial charge in [0.1, 0.15) is 0 Å². The van der Waals surface area contributed by atoms with Gasteiger partial charge in [0.05, 0.1) is 25.0 Å². The van der Waals surface area contributed by atoms with Crippen LogP contribution in [-0.2, 0) is 22.4 Å². The van der Waals surface area contributed by atoms with Crippen LogP contribution in [0.15, 0.2) is 35.3 Å². The summed E-state index contributed by atoms with van der Waals surface area (Å²) in [6.45, 7) is -0.142. The summed E-state index contributed by atoms with van der Waals surface area (Å²) in [6.07, 6.45) is -3.32. The van der Waals surface area contributed by atoms with E-state index in [1.165, 1.54) is 39.6 Å². The smallest absolute Gasteiger partial charge is 0.380 e. The molecule has 10 heteroatoms. The molecule has 0 aliphatic rings. The number of alkyl halides is 3. The standard InChI is InChI=1S/C16H16F3N3O4/c1-21(26-3)15(24)13-14(23)10(9-25-2)8-22(20-13)12-6-4-5-11(7-12)16(17,18)19/h4-8H,9H2,1-3H3. The number of hydroxylamine groups is 2. The molecule has 0 fully saturated rings. The Morgan fingerprint density at radius 1 is 1.31 bits per heavy atom. The lowest BCUT2D eigenvalue weighted by Crippen LogP contribution is -2.34. The third-order valence-electron chi connectivity index (χ3n) is 3.49. The van der Waals surface area contributed by atoms with E-state index in [4.69, 9.17) is 9.57 Å². The van der Waals surface area contributed by atoms with Crippen molar-refractivity contribution >= 4 is 5.91 Å². The highest BCUT2D eigenvalue weighted by molar-refractivity contribution is 5.91. The maximum absolute atomic E-state index is 12.9. The van der Waals surface area contributed by atoms with Gasteiger partial charge in [-0.15, -0.1) is 0 Å². The van der Waals surface area contributed by atoms with Crippen LogP contribution in [0.25, 0.3) is 5.69 Å². The van der Waals surface area contributed by atoms with Crippen LogP contribution in [0.1, 0.15) is 21.6 Å². The molecule has 1 aromatic heterocycles. The maximum atomic E-state index is 12.9. The van der Waals surface area contributed by atoms with Gasteiger partial charge in [0.2, 0.25) is 5.43 Å². The van der Waals surface area contributed by atoms with E-state index in [1.807, 2.05) is 0 Å². The van der Waals surface area contributed by atoms with Crippen LogP contribution in [0.3, 0.4) is 0 Å². The van der Waals surface area contributed by atoms with Gasteiger partial charge in [0.15, 0.2) is 5.69 Å². The molecule has 140 valence electrons. The lowest BCUT2D eigenvalue weighted by molar-refractivity contribution is -0.137. The van der Waals surface area contributed by atoms with E-state index in [1.54, 1.807) is 0 Å². The summed E-state index contributed by atoms with van der Waals surface area (Å²) in [7, 11) is 3.85. The number of hydrogen-bond donors (Lipinski definition) is 0. The number of amides is 1. The largest absolute Gasteiger partial charge is 0.416 e. The molecular weight excluding hydrogens is 355 g/mol. The monoisotopic (exact) mass is 371 g/mol. The fourth-order valence-electron chi connectivity index (χ4n) is 2.13. The third kappa shape index (κ3) is 4.09. The zero-order chi connectivity index (χ0) is 19.5. The second-order valence-electron chi connectivity index (χ2n) is 5.24. The normalized spacial score (nSPS) is 11.5. The summed E-state index contributed by atoms with van der Waals surface area (Å²) in [5, 5.41) is 4.68. The van der Waals surface area contributed by atoms with Gasteiger partial charge in [-0.1, -0.05) is 6.07 Å². The van der Waals surface area contributed by atoms with Gasteiger partial charge >= 0.3 is 12.1 Å². The van der Waals surface area contributed by atoms with Crippen LogP contribution in [0.4, 0.5) is 13.2 Å². The molecular formula is C16H16F3N3O4. The minimum absolute atomic E-state index is 0.0336. The van der Waals surface area contributed by atoms with Gasteiger partial charge in [-0.3, -0.25) is 14.4 Å². The van der Waals surface area contributed by atoms with E-state index in [0.717, 1.165) is 21.9 Å². The van der Waals surface area contributed by atoms with E-state index < -0.39 is 28.8 Å². The van der Waals surface area contributed by atoms with Crippen molar-refractivity contribution in [2.24, 2.45) is 0 Å². The van der Waals surface area contributed by atoms with Crippen molar-refractivity contribution in [1.82, 2.24) is 14.8 Å². The first-order valence-electron chi connectivity index (χ1n) is 7.30. The highest BCUT2D eigenvalue weighted by Crippen LogP contribution is 2.30. The quantitative estimate of drug-likeness (QED) is 0.752. The lowest BCUT2D eigenvalue weighted by Gasteiger charge is -2.15. The van der Waals surface area contributed by atoms with E-state index >= 15 is 0 Å². The minimum Gasteiger partial charge on any atom is -0.380 e. The number of ether oxygens (including phenoxy) is 1. The van der Waals surface area contributed by atoms with Crippen LogP contribution >= 0.6 is 0 Å². The first-order valence-corrected chi connectivity index (χ1v) is 7.30. The first-order chi connectivity index (χ1) is 12.2. The lowest BCUT2D eigenvalue weighted by atomic mass is 10.2. The number of halogens is 3. The molecule has 0 aliphatic carbocycles. The Labute approximate surface area is 146 Å². The average molecular weight is 371 g/mol. The molecule has 0 bridgehead atoms. The molecule has 2 aromatic rings. The molecule has 0 atom stereocenters. The number of rotatable bonds is 5. The zero-order valence-corrected chi connectivity index (χ0v) is 14.2. The Hall–Kier alpha value is -2.72. The molecule has 1 aromatic carbocycles. The van der Waals surface area contributed by atoms with Crippen molar-refractivity contribution in [2.45, 2.75) is 12.8 Å². The summed E-state index contributed by atoms with van der Waals surface area (Å²) in [5.74, 6) is -0.837. The van der Waals surface area contributed by atoms with Crippen molar-refractivity contribution < 1.29 is 27.5 Å². The van der Waals surface area contributed by atoms with Crippen LogP contribution < -0.4 is 5.43 Å². The molecule has 0 unspecified atom stereocenters. The highest BCUT2D eigenvalue weighted by Gasteiger charge is 2.30. The van der Waals surface area contributed by atoms with Crippen LogP contribution in [0.5, 0.6) is 0 Å². The fraction of sp³-hybridized carbons (Fsp3) is 0.312. The molecule has 1 heterocycles. The molecule has 0 saturated heterocycles. The molecule has 2 rings (SSSR count). The minimum atomic E-state index is -4.54. The number of carbonyl (C=O) groups excluding carboxylic acids is 1. The average Bonchev–Trinajstić information content (AvgIpc) is 2.61. The van der Waals surface area contributed by atoms with E-state index in [9.17, 15) is 22.8 Å². The van der Waals surface area contributed by atoms with Crippen LogP contribution in [0, 0.1) is 0 Å². The van der Waals surface area contributed by atoms with Crippen molar-refractivity contribution in [3.05, 3.63) is 57.5 Å². The van der Waals surface area contributed by atoms with E-state index in [-0.39, 0.29) is 17.9 Å². The summed E-state index contributed by atoms with van der Waals surface area (Å²) in [6, 6.07) is 4.35. The summed E-state index contributed by atoms with van der Waals surface area (Å²) in [4.78, 5) is 29.4. The van der Waals surface area contributed by atoms with Crippen molar-refractivity contribution in [3.8, 4) is 5.69 Å². The predicted molar refractivity (Wildman–Crippen MR) is 84.7 cm³/mol. The van der Waals surface area contributed by atoms with E-state index in [0.29, 0.717) is 0 Å². The van der Waals surface area contributed by atoms with Gasteiger partial charge in [-0.25, -0.2) is 9.75 Å². The summed E-state index contributed by atoms with van der Waals surface area (Å²) < 4.78 is 44.7. The van der Waals surface area contributed by atoms with Crippen molar-refractivity contribution in [3.63, 3.8) is 0 Å². The number of aromatic nitrogens is 2. The molecule has 1 amide bonds. The van der Waals surface area contributed by atoms with Gasteiger partial charge in [0.25, 0.3) is 0 Å². The Morgan fingerprint density at radius 2 is 2.00 bits per heavy atom. The number of methoxy groups -OCH3 is 1. The van der Waals surface area contributed by atoms with Gasteiger partial charge in [0, 0.05) is 25.9 Å². The second kappa shape index (κ2) is 7.67. The summed E-state index contributed by atoms with van der Waals surface area (Å²) in [5.41, 5.74) is -1.98. The van der Waals surface area contributed by atoms with Gasteiger partial charge in [-0.2, -0.15) is 18.3 Å². The number of hydrogen-bond acceptors (Lipinski definition) is 5. The van der Waals surface area contributed by atoms with Crippen LogP contribution in [-0.4, -0.2) is 42.0 Å². The molecule has 26 heavy (non-hydrogen) atoms.